The molecular formula is C17H22N2O2. The standard InChI is InChI=1S/C17H22N2O2/c20-16(18-10-5-1-2-6-11-18)13-19-12-9-14-7-3-4-8-15(14)17(19)21/h3-4,7-8H,1-2,5-6,9-13H2. The smallest absolute Gasteiger partial charge is 0.254 e. The van der Waals surface area contributed by atoms with Crippen LogP contribution in [0.1, 0.15) is 41.6 Å². The molecule has 4 nitrogen and oxygen atoms in total. The molecule has 0 atom stereocenters. The van der Waals surface area contributed by atoms with Crippen LogP contribution in [0.25, 0.3) is 0 Å². The lowest BCUT2D eigenvalue weighted by atomic mass is 9.99. The Labute approximate surface area is 125 Å². The average molecular weight is 286 g/mol. The molecule has 0 N–H and O–H groups in total. The van der Waals surface area contributed by atoms with Gasteiger partial charge in [-0.25, -0.2) is 0 Å². The molecule has 2 aliphatic rings. The summed E-state index contributed by atoms with van der Waals surface area (Å²) in [5.74, 6) is 0.102. The van der Waals surface area contributed by atoms with Crippen LogP contribution in [-0.2, 0) is 11.2 Å². The number of fused-ring (bicyclic) bond motifs is 1. The first-order valence-electron chi connectivity index (χ1n) is 7.90. The Hall–Kier alpha value is -1.84. The van der Waals surface area contributed by atoms with Crippen LogP contribution >= 0.6 is 0 Å². The molecule has 2 amide bonds. The van der Waals surface area contributed by atoms with E-state index in [0.29, 0.717) is 6.54 Å². The van der Waals surface area contributed by atoms with Crippen molar-refractivity contribution < 1.29 is 9.59 Å². The highest BCUT2D eigenvalue weighted by Crippen LogP contribution is 2.19. The lowest BCUT2D eigenvalue weighted by molar-refractivity contribution is -0.131. The van der Waals surface area contributed by atoms with E-state index in [4.69, 9.17) is 0 Å². The fraction of sp³-hybridized carbons (Fsp3) is 0.529. The first-order chi connectivity index (χ1) is 10.3. The van der Waals surface area contributed by atoms with Crippen LogP contribution < -0.4 is 0 Å². The van der Waals surface area contributed by atoms with E-state index < -0.39 is 0 Å². The second-order valence-electron chi connectivity index (χ2n) is 5.93. The van der Waals surface area contributed by atoms with Crippen molar-refractivity contribution in [1.29, 1.82) is 0 Å². The Balaban J connectivity index is 1.65. The summed E-state index contributed by atoms with van der Waals surface area (Å²) in [6, 6.07) is 7.71. The molecule has 1 aromatic carbocycles. The van der Waals surface area contributed by atoms with Crippen LogP contribution in [0.4, 0.5) is 0 Å². The van der Waals surface area contributed by atoms with Gasteiger partial charge in [-0.15, -0.1) is 0 Å². The summed E-state index contributed by atoms with van der Waals surface area (Å²) in [6.07, 6.45) is 5.43. The molecule has 0 spiro atoms. The van der Waals surface area contributed by atoms with Gasteiger partial charge in [-0.05, 0) is 30.9 Å². The van der Waals surface area contributed by atoms with E-state index in [0.717, 1.165) is 43.5 Å². The molecule has 2 heterocycles. The van der Waals surface area contributed by atoms with Gasteiger partial charge in [0.15, 0.2) is 0 Å². The second kappa shape index (κ2) is 6.29. The molecule has 1 saturated heterocycles. The molecule has 0 radical (unpaired) electrons. The number of hydrogen-bond donors (Lipinski definition) is 0. The van der Waals surface area contributed by atoms with Gasteiger partial charge in [-0.3, -0.25) is 9.59 Å². The van der Waals surface area contributed by atoms with Gasteiger partial charge >= 0.3 is 0 Å². The number of rotatable bonds is 2. The summed E-state index contributed by atoms with van der Waals surface area (Å²) in [5, 5.41) is 0. The van der Waals surface area contributed by atoms with Gasteiger partial charge in [0.05, 0.1) is 0 Å². The highest BCUT2D eigenvalue weighted by atomic mass is 16.2. The largest absolute Gasteiger partial charge is 0.341 e. The number of likely N-dealkylation sites (tertiary alicyclic amines) is 1. The first-order valence-corrected chi connectivity index (χ1v) is 7.90. The highest BCUT2D eigenvalue weighted by molar-refractivity contribution is 5.98. The minimum Gasteiger partial charge on any atom is -0.341 e. The highest BCUT2D eigenvalue weighted by Gasteiger charge is 2.27. The van der Waals surface area contributed by atoms with Crippen LogP contribution in [0.15, 0.2) is 24.3 Å². The van der Waals surface area contributed by atoms with E-state index in [1.54, 1.807) is 4.90 Å². The Kier molecular flexibility index (Phi) is 4.23. The lowest BCUT2D eigenvalue weighted by Crippen LogP contribution is -2.45. The zero-order valence-corrected chi connectivity index (χ0v) is 12.4. The molecule has 21 heavy (non-hydrogen) atoms. The maximum absolute atomic E-state index is 12.5. The fourth-order valence-electron chi connectivity index (χ4n) is 3.21. The summed E-state index contributed by atoms with van der Waals surface area (Å²) in [6.45, 7) is 2.57. The van der Waals surface area contributed by atoms with Crippen molar-refractivity contribution in [2.45, 2.75) is 32.1 Å². The summed E-state index contributed by atoms with van der Waals surface area (Å²) in [5.41, 5.74) is 1.85. The Morgan fingerprint density at radius 1 is 1.00 bits per heavy atom. The van der Waals surface area contributed by atoms with E-state index in [-0.39, 0.29) is 18.4 Å². The SMILES string of the molecule is O=C(CN1CCc2ccccc2C1=O)N1CCCCCC1. The van der Waals surface area contributed by atoms with E-state index in [1.165, 1.54) is 12.8 Å². The number of nitrogens with zero attached hydrogens (tertiary/aromatic N) is 2. The summed E-state index contributed by atoms with van der Waals surface area (Å²) < 4.78 is 0. The fourth-order valence-corrected chi connectivity index (χ4v) is 3.21. The third-order valence-corrected chi connectivity index (χ3v) is 4.47. The van der Waals surface area contributed by atoms with Crippen molar-refractivity contribution in [2.24, 2.45) is 0 Å². The predicted molar refractivity (Wildman–Crippen MR) is 81.1 cm³/mol. The van der Waals surface area contributed by atoms with E-state index >= 15 is 0 Å². The Morgan fingerprint density at radius 2 is 1.71 bits per heavy atom. The molecule has 0 bridgehead atoms. The number of carbonyl (C=O) groups excluding carboxylic acids is 2. The van der Waals surface area contributed by atoms with Crippen molar-refractivity contribution in [3.05, 3.63) is 35.4 Å². The number of amides is 2. The second-order valence-corrected chi connectivity index (χ2v) is 5.93. The van der Waals surface area contributed by atoms with Crippen molar-refractivity contribution in [1.82, 2.24) is 9.80 Å². The Morgan fingerprint density at radius 3 is 2.48 bits per heavy atom. The quantitative estimate of drug-likeness (QED) is 0.835. The van der Waals surface area contributed by atoms with Gasteiger partial charge in [0.1, 0.15) is 6.54 Å². The van der Waals surface area contributed by atoms with Crippen LogP contribution in [0.2, 0.25) is 0 Å². The van der Waals surface area contributed by atoms with Gasteiger partial charge in [-0.1, -0.05) is 31.0 Å². The summed E-state index contributed by atoms with van der Waals surface area (Å²) in [4.78, 5) is 28.5. The molecule has 0 unspecified atom stereocenters. The zero-order valence-electron chi connectivity index (χ0n) is 12.4. The molecule has 3 rings (SSSR count). The Bertz CT molecular complexity index is 533. The van der Waals surface area contributed by atoms with E-state index in [1.807, 2.05) is 29.2 Å². The molecule has 2 aliphatic heterocycles. The normalized spacial score (nSPS) is 19.1. The summed E-state index contributed by atoms with van der Waals surface area (Å²) in [7, 11) is 0. The van der Waals surface area contributed by atoms with Crippen LogP contribution in [0, 0.1) is 0 Å². The van der Waals surface area contributed by atoms with Crippen molar-refractivity contribution in [3.63, 3.8) is 0 Å². The molecular weight excluding hydrogens is 264 g/mol. The molecule has 1 aromatic rings. The van der Waals surface area contributed by atoms with Crippen molar-refractivity contribution in [2.75, 3.05) is 26.2 Å². The van der Waals surface area contributed by atoms with Crippen molar-refractivity contribution >= 4 is 11.8 Å². The van der Waals surface area contributed by atoms with Gasteiger partial charge in [0, 0.05) is 25.2 Å². The molecule has 1 fully saturated rings. The molecule has 4 heteroatoms. The van der Waals surface area contributed by atoms with Crippen LogP contribution in [0.5, 0.6) is 0 Å². The monoisotopic (exact) mass is 286 g/mol. The van der Waals surface area contributed by atoms with Gasteiger partial charge in [0.2, 0.25) is 5.91 Å². The minimum absolute atomic E-state index is 0.0000203. The molecule has 0 saturated carbocycles. The lowest BCUT2D eigenvalue weighted by Gasteiger charge is -2.30. The zero-order chi connectivity index (χ0) is 14.7. The van der Waals surface area contributed by atoms with Crippen LogP contribution in [0.3, 0.4) is 0 Å². The molecule has 0 aromatic heterocycles. The number of hydrogen-bond acceptors (Lipinski definition) is 2. The average Bonchev–Trinajstić information content (AvgIpc) is 2.79. The predicted octanol–water partition coefficient (Wildman–Crippen LogP) is 2.09. The summed E-state index contributed by atoms with van der Waals surface area (Å²) >= 11 is 0. The van der Waals surface area contributed by atoms with E-state index in [2.05, 4.69) is 0 Å². The topological polar surface area (TPSA) is 40.6 Å². The van der Waals surface area contributed by atoms with Crippen LogP contribution in [-0.4, -0.2) is 47.8 Å². The van der Waals surface area contributed by atoms with Gasteiger partial charge in [0.25, 0.3) is 5.91 Å². The number of carbonyl (C=O) groups is 2. The maximum Gasteiger partial charge on any atom is 0.254 e. The molecule has 112 valence electrons. The third kappa shape index (κ3) is 3.09. The molecule has 0 aliphatic carbocycles. The van der Waals surface area contributed by atoms with Gasteiger partial charge < -0.3 is 9.80 Å². The minimum atomic E-state index is 0.0000203. The number of benzene rings is 1. The maximum atomic E-state index is 12.5. The first kappa shape index (κ1) is 14.1. The van der Waals surface area contributed by atoms with Gasteiger partial charge in [-0.2, -0.15) is 0 Å². The van der Waals surface area contributed by atoms with Crippen molar-refractivity contribution in [3.8, 4) is 0 Å². The van der Waals surface area contributed by atoms with E-state index in [9.17, 15) is 9.59 Å². The third-order valence-electron chi connectivity index (χ3n) is 4.47.